The van der Waals surface area contributed by atoms with Crippen LogP contribution in [0, 0.1) is 11.8 Å². The molecule has 10 nitrogen and oxygen atoms in total. The van der Waals surface area contributed by atoms with Gasteiger partial charge in [-0.2, -0.15) is 0 Å². The molecule has 3 aliphatic rings. The van der Waals surface area contributed by atoms with Crippen molar-refractivity contribution in [3.8, 4) is 0 Å². The van der Waals surface area contributed by atoms with Gasteiger partial charge in [-0.1, -0.05) is 88.7 Å². The number of likely N-dealkylation sites (N-methyl/N-ethyl adjacent to an activating group) is 1. The Balaban J connectivity index is 1.35. The van der Waals surface area contributed by atoms with Gasteiger partial charge in [0, 0.05) is 43.7 Å². The summed E-state index contributed by atoms with van der Waals surface area (Å²) >= 11 is 3.75. The van der Waals surface area contributed by atoms with Crippen LogP contribution in [0.5, 0.6) is 0 Å². The Morgan fingerprint density at radius 2 is 1.79 bits per heavy atom. The Hall–Kier alpha value is -4.32. The molecular formula is C41H46BrN3O7. The lowest BCUT2D eigenvalue weighted by Gasteiger charge is -2.37. The lowest BCUT2D eigenvalue weighted by molar-refractivity contribution is -0.164. The SMILES string of the molecule is C=CCCC(=O)N(C)[C@@H](C)[C@@H](OC(=O)[C@H]1[C@@H]2O[C@@]3(CC2Br)[C@@H]1C(=O)N(CCCO)[C@@H]3C(=O)N(CC=C)c1ccc2ccccc2c1)c1ccccc1. The van der Waals surface area contributed by atoms with E-state index in [1.54, 1.807) is 29.0 Å². The van der Waals surface area contributed by atoms with E-state index in [0.29, 0.717) is 24.1 Å². The Kier molecular flexibility index (Phi) is 11.3. The molecule has 0 aromatic heterocycles. The average molecular weight is 773 g/mol. The molecule has 3 aromatic rings. The lowest BCUT2D eigenvalue weighted by Crippen LogP contribution is -2.57. The molecule has 8 atom stereocenters. The third kappa shape index (κ3) is 6.70. The summed E-state index contributed by atoms with van der Waals surface area (Å²) in [4.78, 5) is 61.4. The number of alkyl halides is 1. The predicted octanol–water partition coefficient (Wildman–Crippen LogP) is 5.59. The van der Waals surface area contributed by atoms with Crippen LogP contribution >= 0.6 is 15.9 Å². The van der Waals surface area contributed by atoms with E-state index in [9.17, 15) is 24.3 Å². The summed E-state index contributed by atoms with van der Waals surface area (Å²) in [5.41, 5.74) is 0.0170. The van der Waals surface area contributed by atoms with Gasteiger partial charge >= 0.3 is 5.97 Å². The monoisotopic (exact) mass is 771 g/mol. The number of esters is 1. The van der Waals surface area contributed by atoms with Crippen molar-refractivity contribution >= 4 is 56.1 Å². The number of hydrogen-bond acceptors (Lipinski definition) is 7. The number of nitrogens with zero attached hydrogens (tertiary/aromatic N) is 3. The summed E-state index contributed by atoms with van der Waals surface area (Å²) in [5.74, 6) is -3.49. The van der Waals surface area contributed by atoms with Gasteiger partial charge in [0.1, 0.15) is 17.7 Å². The highest BCUT2D eigenvalue weighted by Crippen LogP contribution is 2.60. The van der Waals surface area contributed by atoms with Crippen LogP contribution in [0.25, 0.3) is 10.8 Å². The van der Waals surface area contributed by atoms with E-state index in [2.05, 4.69) is 29.1 Å². The first-order valence-corrected chi connectivity index (χ1v) is 18.8. The number of halogens is 1. The summed E-state index contributed by atoms with van der Waals surface area (Å²) < 4.78 is 13.1. The van der Waals surface area contributed by atoms with E-state index in [0.717, 1.165) is 10.8 Å². The molecule has 1 unspecified atom stereocenters. The molecule has 3 aliphatic heterocycles. The molecule has 3 amide bonds. The molecule has 0 saturated carbocycles. The number of rotatable bonds is 15. The third-order valence-corrected chi connectivity index (χ3v) is 11.7. The molecule has 52 heavy (non-hydrogen) atoms. The second kappa shape index (κ2) is 15.7. The van der Waals surface area contributed by atoms with Gasteiger partial charge in [0.2, 0.25) is 11.8 Å². The van der Waals surface area contributed by atoms with Crippen LogP contribution in [0.15, 0.2) is 98.1 Å². The number of carbonyl (C=O) groups excluding carboxylic acids is 4. The molecule has 0 radical (unpaired) electrons. The van der Waals surface area contributed by atoms with E-state index in [-0.39, 0.29) is 55.1 Å². The number of fused-ring (bicyclic) bond motifs is 2. The van der Waals surface area contributed by atoms with Crippen LogP contribution in [0.1, 0.15) is 44.3 Å². The summed E-state index contributed by atoms with van der Waals surface area (Å²) in [7, 11) is 1.68. The van der Waals surface area contributed by atoms with Crippen molar-refractivity contribution in [2.24, 2.45) is 11.8 Å². The molecule has 3 saturated heterocycles. The van der Waals surface area contributed by atoms with Crippen LogP contribution in [0.4, 0.5) is 5.69 Å². The van der Waals surface area contributed by atoms with Gasteiger partial charge in [-0.05, 0) is 54.7 Å². The van der Waals surface area contributed by atoms with Gasteiger partial charge in [-0.3, -0.25) is 19.2 Å². The van der Waals surface area contributed by atoms with Crippen LogP contribution in [0.3, 0.4) is 0 Å². The number of amides is 3. The number of ether oxygens (including phenoxy) is 2. The van der Waals surface area contributed by atoms with E-state index in [1.807, 2.05) is 79.7 Å². The lowest BCUT2D eigenvalue weighted by atomic mass is 9.70. The fraction of sp³-hybridized carbons (Fsp3) is 0.415. The standard InChI is InChI=1S/C41H46BrN3O7/c1-5-7-18-32(47)43(4)26(3)35(28-15-9-8-10-16-28)51-40(50)33-34-38(48)45(22-13-23-46)37(41(34)25-31(42)36(33)52-41)39(49)44(21-6-2)30-20-19-27-14-11-12-17-29(27)24-30/h5-6,8-12,14-17,19-20,24,26,31,33-37,46H,1-2,7,13,18,21-23,25H2,3-4H3/t26-,31?,33+,34-,35+,36+,37+,41-/m0/s1. The maximum absolute atomic E-state index is 14.9. The Morgan fingerprint density at radius 1 is 1.08 bits per heavy atom. The Labute approximate surface area is 313 Å². The van der Waals surface area contributed by atoms with Crippen molar-refractivity contribution in [1.29, 1.82) is 0 Å². The maximum atomic E-state index is 14.9. The third-order valence-electron chi connectivity index (χ3n) is 10.9. The number of benzene rings is 3. The molecule has 3 fully saturated rings. The zero-order chi connectivity index (χ0) is 37.2. The summed E-state index contributed by atoms with van der Waals surface area (Å²) in [6.07, 6.45) is 3.10. The second-order valence-electron chi connectivity index (χ2n) is 13.9. The molecule has 0 aliphatic carbocycles. The van der Waals surface area contributed by atoms with Crippen molar-refractivity contribution in [3.63, 3.8) is 0 Å². The Bertz CT molecular complexity index is 1840. The quantitative estimate of drug-likeness (QED) is 0.122. The molecule has 1 N–H and O–H groups in total. The summed E-state index contributed by atoms with van der Waals surface area (Å²) in [5, 5.41) is 11.8. The Morgan fingerprint density at radius 3 is 2.48 bits per heavy atom. The molecule has 3 aromatic carbocycles. The van der Waals surface area contributed by atoms with Crippen molar-refractivity contribution in [1.82, 2.24) is 9.80 Å². The minimum absolute atomic E-state index is 0.105. The number of aliphatic hydroxyl groups excluding tert-OH is 1. The topological polar surface area (TPSA) is 117 Å². The molecular weight excluding hydrogens is 726 g/mol. The number of carbonyl (C=O) groups is 4. The average Bonchev–Trinajstić information content (AvgIpc) is 3.76. The fourth-order valence-electron chi connectivity index (χ4n) is 8.23. The number of hydrogen-bond donors (Lipinski definition) is 1. The number of allylic oxidation sites excluding steroid dienone is 1. The van der Waals surface area contributed by atoms with Crippen molar-refractivity contribution in [3.05, 3.63) is 104 Å². The van der Waals surface area contributed by atoms with E-state index in [4.69, 9.17) is 9.47 Å². The van der Waals surface area contributed by atoms with Gasteiger partial charge in [0.25, 0.3) is 5.91 Å². The smallest absolute Gasteiger partial charge is 0.313 e. The van der Waals surface area contributed by atoms with Crippen LogP contribution in [-0.2, 0) is 28.7 Å². The van der Waals surface area contributed by atoms with Gasteiger partial charge in [-0.25, -0.2) is 0 Å². The minimum Gasteiger partial charge on any atom is -0.455 e. The molecule has 1 spiro atoms. The second-order valence-corrected chi connectivity index (χ2v) is 15.1. The normalized spacial score (nSPS) is 25.7. The van der Waals surface area contributed by atoms with E-state index >= 15 is 0 Å². The number of likely N-dealkylation sites (tertiary alicyclic amines) is 1. The van der Waals surface area contributed by atoms with Crippen LogP contribution < -0.4 is 4.90 Å². The first-order valence-electron chi connectivity index (χ1n) is 17.8. The molecule has 274 valence electrons. The molecule has 11 heteroatoms. The van der Waals surface area contributed by atoms with E-state index in [1.165, 1.54) is 4.90 Å². The largest absolute Gasteiger partial charge is 0.455 e. The minimum atomic E-state index is -1.33. The van der Waals surface area contributed by atoms with E-state index < -0.39 is 47.7 Å². The number of anilines is 1. The van der Waals surface area contributed by atoms with Crippen molar-refractivity contribution in [2.75, 3.05) is 31.6 Å². The highest BCUT2D eigenvalue weighted by molar-refractivity contribution is 9.09. The zero-order valence-corrected chi connectivity index (χ0v) is 31.2. The summed E-state index contributed by atoms with van der Waals surface area (Å²) in [6, 6.07) is 21.2. The van der Waals surface area contributed by atoms with Crippen molar-refractivity contribution in [2.45, 2.75) is 67.3 Å². The molecule has 2 bridgehead atoms. The van der Waals surface area contributed by atoms with Gasteiger partial charge in [0.15, 0.2) is 0 Å². The maximum Gasteiger partial charge on any atom is 0.313 e. The van der Waals surface area contributed by atoms with Gasteiger partial charge in [0.05, 0.1) is 24.0 Å². The summed E-state index contributed by atoms with van der Waals surface area (Å²) in [6.45, 7) is 9.55. The highest BCUT2D eigenvalue weighted by Gasteiger charge is 2.77. The molecule has 3 heterocycles. The first kappa shape index (κ1) is 37.4. The van der Waals surface area contributed by atoms with Crippen LogP contribution in [0.2, 0.25) is 0 Å². The highest BCUT2D eigenvalue weighted by atomic mass is 79.9. The molecule has 6 rings (SSSR count). The predicted molar refractivity (Wildman–Crippen MR) is 203 cm³/mol. The van der Waals surface area contributed by atoms with Gasteiger partial charge in [-0.15, -0.1) is 13.2 Å². The zero-order valence-electron chi connectivity index (χ0n) is 29.6. The van der Waals surface area contributed by atoms with Crippen molar-refractivity contribution < 1.29 is 33.8 Å². The fourth-order valence-corrected chi connectivity index (χ4v) is 9.17. The van der Waals surface area contributed by atoms with Gasteiger partial charge < -0.3 is 29.3 Å². The first-order chi connectivity index (χ1) is 25.1. The van der Waals surface area contributed by atoms with Crippen LogP contribution in [-0.4, -0.2) is 94.0 Å². The number of aliphatic hydroxyl groups is 1.